The first-order valence-electron chi connectivity index (χ1n) is 9.55. The quantitative estimate of drug-likeness (QED) is 0.666. The maximum atomic E-state index is 12.7. The molecule has 2 aromatic rings. The Kier molecular flexibility index (Phi) is 7.16. The SMILES string of the molecule is CC(C)N1CC(OCc2ccc(OC(F)(F)F)cc2)CN(C(=O)c2cscn2)CC1=O. The van der Waals surface area contributed by atoms with E-state index in [0.717, 1.165) is 0 Å². The van der Waals surface area contributed by atoms with Gasteiger partial charge in [0.25, 0.3) is 5.91 Å². The molecule has 1 atom stereocenters. The number of carbonyl (C=O) groups excluding carboxylic acids is 2. The molecule has 1 saturated heterocycles. The van der Waals surface area contributed by atoms with E-state index in [1.165, 1.54) is 40.5 Å². The summed E-state index contributed by atoms with van der Waals surface area (Å²) < 4.78 is 46.7. The lowest BCUT2D eigenvalue weighted by Crippen LogP contribution is -2.42. The molecule has 1 aliphatic rings. The molecule has 7 nitrogen and oxygen atoms in total. The van der Waals surface area contributed by atoms with Crippen LogP contribution in [0.15, 0.2) is 35.2 Å². The molecule has 0 radical (unpaired) electrons. The van der Waals surface area contributed by atoms with Crippen molar-refractivity contribution < 1.29 is 32.2 Å². The van der Waals surface area contributed by atoms with E-state index in [9.17, 15) is 22.8 Å². The molecule has 2 amide bonds. The monoisotopic (exact) mass is 457 g/mol. The summed E-state index contributed by atoms with van der Waals surface area (Å²) in [6.45, 7) is 4.29. The maximum Gasteiger partial charge on any atom is 0.573 e. The van der Waals surface area contributed by atoms with Gasteiger partial charge < -0.3 is 19.3 Å². The fraction of sp³-hybridized carbons (Fsp3) is 0.450. The minimum atomic E-state index is -4.75. The first kappa shape index (κ1) is 23.0. The number of benzene rings is 1. The lowest BCUT2D eigenvalue weighted by atomic mass is 10.2. The zero-order valence-electron chi connectivity index (χ0n) is 17.0. The molecular formula is C20H22F3N3O4S. The Hall–Kier alpha value is -2.66. The highest BCUT2D eigenvalue weighted by atomic mass is 32.1. The van der Waals surface area contributed by atoms with Crippen LogP contribution in [0.1, 0.15) is 29.9 Å². The Balaban J connectivity index is 1.68. The molecule has 0 saturated carbocycles. The average Bonchev–Trinajstić information content (AvgIpc) is 3.17. The zero-order chi connectivity index (χ0) is 22.6. The van der Waals surface area contributed by atoms with Crippen LogP contribution in [0.5, 0.6) is 5.75 Å². The molecule has 1 aromatic heterocycles. The molecule has 1 aromatic carbocycles. The Bertz CT molecular complexity index is 888. The topological polar surface area (TPSA) is 72.0 Å². The van der Waals surface area contributed by atoms with E-state index in [4.69, 9.17) is 4.74 Å². The number of rotatable bonds is 6. The van der Waals surface area contributed by atoms with Crippen LogP contribution in [-0.2, 0) is 16.1 Å². The van der Waals surface area contributed by atoms with Crippen LogP contribution < -0.4 is 4.74 Å². The second-order valence-electron chi connectivity index (χ2n) is 7.32. The van der Waals surface area contributed by atoms with Gasteiger partial charge in [0.2, 0.25) is 5.91 Å². The van der Waals surface area contributed by atoms with E-state index in [1.54, 1.807) is 15.8 Å². The van der Waals surface area contributed by atoms with Crippen molar-refractivity contribution in [2.75, 3.05) is 19.6 Å². The average molecular weight is 457 g/mol. The first-order chi connectivity index (χ1) is 14.6. The van der Waals surface area contributed by atoms with Gasteiger partial charge in [0.1, 0.15) is 18.0 Å². The van der Waals surface area contributed by atoms with Crippen LogP contribution in [0.4, 0.5) is 13.2 Å². The summed E-state index contributed by atoms with van der Waals surface area (Å²) in [6, 6.07) is 5.29. The summed E-state index contributed by atoms with van der Waals surface area (Å²) in [6.07, 6.45) is -5.22. The van der Waals surface area contributed by atoms with Crippen molar-refractivity contribution in [1.29, 1.82) is 0 Å². The van der Waals surface area contributed by atoms with Gasteiger partial charge in [0.05, 0.1) is 18.2 Å². The van der Waals surface area contributed by atoms with Crippen LogP contribution >= 0.6 is 11.3 Å². The van der Waals surface area contributed by atoms with Crippen LogP contribution in [0, 0.1) is 0 Å². The van der Waals surface area contributed by atoms with Crippen LogP contribution in [0.25, 0.3) is 0 Å². The van der Waals surface area contributed by atoms with Crippen molar-refractivity contribution >= 4 is 23.2 Å². The van der Waals surface area contributed by atoms with Gasteiger partial charge in [-0.05, 0) is 31.5 Å². The normalized spacial score (nSPS) is 17.7. The minimum Gasteiger partial charge on any atom is -0.406 e. The van der Waals surface area contributed by atoms with Crippen LogP contribution in [0.3, 0.4) is 0 Å². The molecule has 31 heavy (non-hydrogen) atoms. The summed E-state index contributed by atoms with van der Waals surface area (Å²) in [4.78, 5) is 32.5. The van der Waals surface area contributed by atoms with Crippen molar-refractivity contribution in [3.05, 3.63) is 46.4 Å². The summed E-state index contributed by atoms with van der Waals surface area (Å²) in [5.41, 5.74) is 2.46. The van der Waals surface area contributed by atoms with Gasteiger partial charge in [-0.25, -0.2) is 4.98 Å². The van der Waals surface area contributed by atoms with Gasteiger partial charge in [0.15, 0.2) is 0 Å². The number of carbonyl (C=O) groups is 2. The van der Waals surface area contributed by atoms with Gasteiger partial charge >= 0.3 is 6.36 Å². The number of amides is 2. The van der Waals surface area contributed by atoms with Crippen molar-refractivity contribution in [2.24, 2.45) is 0 Å². The standard InChI is InChI=1S/C20H22F3N3O4S/c1-13(2)26-8-16(7-25(9-18(26)27)19(28)17-11-31-12-24-17)29-10-14-3-5-15(6-4-14)30-20(21,22)23/h3-6,11-13,16H,7-10H2,1-2H3. The molecule has 1 fully saturated rings. The van der Waals surface area contributed by atoms with Crippen molar-refractivity contribution in [3.63, 3.8) is 0 Å². The predicted molar refractivity (Wildman–Crippen MR) is 107 cm³/mol. The second kappa shape index (κ2) is 9.65. The van der Waals surface area contributed by atoms with E-state index < -0.39 is 12.5 Å². The minimum absolute atomic E-state index is 0.0715. The fourth-order valence-electron chi connectivity index (χ4n) is 3.18. The largest absolute Gasteiger partial charge is 0.573 e. The Morgan fingerprint density at radius 2 is 1.97 bits per heavy atom. The molecular weight excluding hydrogens is 435 g/mol. The number of aromatic nitrogens is 1. The maximum absolute atomic E-state index is 12.7. The Labute approximate surface area is 181 Å². The highest BCUT2D eigenvalue weighted by molar-refractivity contribution is 7.07. The van der Waals surface area contributed by atoms with Gasteiger partial charge in [-0.3, -0.25) is 9.59 Å². The molecule has 168 valence electrons. The van der Waals surface area contributed by atoms with E-state index in [2.05, 4.69) is 9.72 Å². The van der Waals surface area contributed by atoms with E-state index in [0.29, 0.717) is 12.1 Å². The number of ether oxygens (including phenoxy) is 2. The molecule has 0 N–H and O–H groups in total. The molecule has 11 heteroatoms. The van der Waals surface area contributed by atoms with E-state index >= 15 is 0 Å². The Morgan fingerprint density at radius 1 is 1.26 bits per heavy atom. The lowest BCUT2D eigenvalue weighted by molar-refractivity contribution is -0.274. The van der Waals surface area contributed by atoms with Crippen molar-refractivity contribution in [3.8, 4) is 5.75 Å². The highest BCUT2D eigenvalue weighted by Gasteiger charge is 2.33. The lowest BCUT2D eigenvalue weighted by Gasteiger charge is -2.27. The molecule has 1 aliphatic heterocycles. The summed E-state index contributed by atoms with van der Waals surface area (Å²) in [7, 11) is 0. The van der Waals surface area contributed by atoms with Gasteiger partial charge in [0, 0.05) is 24.5 Å². The third-order valence-corrected chi connectivity index (χ3v) is 5.26. The Morgan fingerprint density at radius 3 is 2.55 bits per heavy atom. The molecule has 3 rings (SSSR count). The summed E-state index contributed by atoms with van der Waals surface area (Å²) in [5, 5.41) is 1.62. The smallest absolute Gasteiger partial charge is 0.406 e. The van der Waals surface area contributed by atoms with Crippen LogP contribution in [0.2, 0.25) is 0 Å². The number of alkyl halides is 3. The van der Waals surface area contributed by atoms with Gasteiger partial charge in [-0.2, -0.15) is 0 Å². The number of halogens is 3. The first-order valence-corrected chi connectivity index (χ1v) is 10.5. The number of hydrogen-bond donors (Lipinski definition) is 0. The molecule has 0 spiro atoms. The number of hydrogen-bond acceptors (Lipinski definition) is 6. The van der Waals surface area contributed by atoms with E-state index in [-0.39, 0.29) is 49.0 Å². The molecule has 0 bridgehead atoms. The number of nitrogens with zero attached hydrogens (tertiary/aromatic N) is 3. The zero-order valence-corrected chi connectivity index (χ0v) is 17.8. The molecule has 2 heterocycles. The second-order valence-corrected chi connectivity index (χ2v) is 8.04. The summed E-state index contributed by atoms with van der Waals surface area (Å²) >= 11 is 1.29. The van der Waals surface area contributed by atoms with E-state index in [1.807, 2.05) is 13.8 Å². The van der Waals surface area contributed by atoms with Crippen LogP contribution in [-0.4, -0.2) is 64.7 Å². The van der Waals surface area contributed by atoms with Crippen molar-refractivity contribution in [1.82, 2.24) is 14.8 Å². The fourth-order valence-corrected chi connectivity index (χ4v) is 3.71. The van der Waals surface area contributed by atoms with Crippen molar-refractivity contribution in [2.45, 2.75) is 39.0 Å². The van der Waals surface area contributed by atoms with Gasteiger partial charge in [-0.1, -0.05) is 12.1 Å². The summed E-state index contributed by atoms with van der Waals surface area (Å²) in [5.74, 6) is -0.844. The highest BCUT2D eigenvalue weighted by Crippen LogP contribution is 2.23. The third kappa shape index (κ3) is 6.41. The molecule has 0 aliphatic carbocycles. The van der Waals surface area contributed by atoms with Gasteiger partial charge in [-0.15, -0.1) is 24.5 Å². The number of thiazole rings is 1. The molecule has 1 unspecified atom stereocenters. The third-order valence-electron chi connectivity index (χ3n) is 4.68. The predicted octanol–water partition coefficient (Wildman–Crippen LogP) is 3.32.